The second kappa shape index (κ2) is 5.46. The van der Waals surface area contributed by atoms with E-state index in [9.17, 15) is 9.59 Å². The van der Waals surface area contributed by atoms with Crippen molar-refractivity contribution < 1.29 is 9.59 Å². The average molecular weight is 240 g/mol. The molecular formula is C11H20N4O2. The first-order chi connectivity index (χ1) is 8.16. The van der Waals surface area contributed by atoms with Crippen molar-refractivity contribution in [2.24, 2.45) is 0 Å². The predicted molar refractivity (Wildman–Crippen MR) is 63.5 cm³/mol. The summed E-state index contributed by atoms with van der Waals surface area (Å²) < 4.78 is 0. The molecule has 1 atom stereocenters. The van der Waals surface area contributed by atoms with Gasteiger partial charge in [-0.05, 0) is 6.92 Å². The zero-order valence-electron chi connectivity index (χ0n) is 10.2. The lowest BCUT2D eigenvalue weighted by molar-refractivity contribution is -0.139. The van der Waals surface area contributed by atoms with E-state index in [1.54, 1.807) is 4.90 Å². The molecule has 0 aromatic rings. The molecule has 2 heterocycles. The van der Waals surface area contributed by atoms with Crippen molar-refractivity contribution in [3.05, 3.63) is 0 Å². The van der Waals surface area contributed by atoms with Gasteiger partial charge in [-0.25, -0.2) is 0 Å². The van der Waals surface area contributed by atoms with E-state index in [4.69, 9.17) is 0 Å². The first-order valence-corrected chi connectivity index (χ1v) is 6.16. The molecule has 0 radical (unpaired) electrons. The normalized spacial score (nSPS) is 26.8. The molecule has 2 amide bonds. The highest BCUT2D eigenvalue weighted by Gasteiger charge is 2.25. The minimum absolute atomic E-state index is 0.0574. The third kappa shape index (κ3) is 3.17. The quantitative estimate of drug-likeness (QED) is 0.600. The van der Waals surface area contributed by atoms with Crippen LogP contribution in [0, 0.1) is 0 Å². The Labute approximate surface area is 101 Å². The molecule has 96 valence electrons. The van der Waals surface area contributed by atoms with Crippen molar-refractivity contribution in [2.45, 2.75) is 13.0 Å². The molecule has 2 N–H and O–H groups in total. The molecule has 0 aromatic heterocycles. The second-order valence-electron chi connectivity index (χ2n) is 4.69. The van der Waals surface area contributed by atoms with Gasteiger partial charge in [-0.2, -0.15) is 0 Å². The molecule has 2 fully saturated rings. The summed E-state index contributed by atoms with van der Waals surface area (Å²) in [6.45, 7) is 6.70. The Bertz CT molecular complexity index is 308. The van der Waals surface area contributed by atoms with E-state index in [2.05, 4.69) is 22.5 Å². The van der Waals surface area contributed by atoms with Gasteiger partial charge in [0.15, 0.2) is 0 Å². The molecule has 2 aliphatic rings. The summed E-state index contributed by atoms with van der Waals surface area (Å²) >= 11 is 0. The van der Waals surface area contributed by atoms with Gasteiger partial charge in [-0.15, -0.1) is 0 Å². The summed E-state index contributed by atoms with van der Waals surface area (Å²) in [4.78, 5) is 27.1. The van der Waals surface area contributed by atoms with Gasteiger partial charge in [0.25, 0.3) is 0 Å². The van der Waals surface area contributed by atoms with Crippen LogP contribution in [0.4, 0.5) is 0 Å². The maximum atomic E-state index is 12.0. The number of carbonyl (C=O) groups excluding carboxylic acids is 2. The number of carbonyl (C=O) groups is 2. The largest absolute Gasteiger partial charge is 0.353 e. The second-order valence-corrected chi connectivity index (χ2v) is 4.69. The monoisotopic (exact) mass is 240 g/mol. The van der Waals surface area contributed by atoms with Crippen molar-refractivity contribution >= 4 is 11.8 Å². The number of piperazine rings is 2. The summed E-state index contributed by atoms with van der Waals surface area (Å²) in [6.07, 6.45) is 0. The highest BCUT2D eigenvalue weighted by Crippen LogP contribution is 2.04. The van der Waals surface area contributed by atoms with Crippen molar-refractivity contribution in [1.29, 1.82) is 0 Å². The fourth-order valence-corrected chi connectivity index (χ4v) is 2.24. The molecule has 2 saturated heterocycles. The molecule has 6 nitrogen and oxygen atoms in total. The lowest BCUT2D eigenvalue weighted by Gasteiger charge is -2.35. The molecule has 0 unspecified atom stereocenters. The van der Waals surface area contributed by atoms with Gasteiger partial charge >= 0.3 is 0 Å². The highest BCUT2D eigenvalue weighted by molar-refractivity contribution is 5.86. The number of hydrogen-bond donors (Lipinski definition) is 2. The molecule has 0 aliphatic carbocycles. The fourth-order valence-electron chi connectivity index (χ4n) is 2.24. The van der Waals surface area contributed by atoms with E-state index in [0.717, 1.165) is 19.6 Å². The molecule has 0 spiro atoms. The molecule has 0 bridgehead atoms. The first kappa shape index (κ1) is 12.3. The number of nitrogens with zero attached hydrogens (tertiary/aromatic N) is 2. The van der Waals surface area contributed by atoms with Crippen LogP contribution in [0.25, 0.3) is 0 Å². The Morgan fingerprint density at radius 3 is 2.94 bits per heavy atom. The Morgan fingerprint density at radius 1 is 1.41 bits per heavy atom. The van der Waals surface area contributed by atoms with E-state index < -0.39 is 0 Å². The van der Waals surface area contributed by atoms with Crippen LogP contribution in [0.2, 0.25) is 0 Å². The molecular weight excluding hydrogens is 220 g/mol. The summed E-state index contributed by atoms with van der Waals surface area (Å²) in [6, 6.07) is 0.381. The zero-order chi connectivity index (χ0) is 12.3. The smallest absolute Gasteiger partial charge is 0.239 e. The third-order valence-electron chi connectivity index (χ3n) is 3.37. The van der Waals surface area contributed by atoms with Crippen LogP contribution in [0.5, 0.6) is 0 Å². The maximum Gasteiger partial charge on any atom is 0.239 e. The third-order valence-corrected chi connectivity index (χ3v) is 3.37. The van der Waals surface area contributed by atoms with E-state index in [0.29, 0.717) is 25.7 Å². The Kier molecular flexibility index (Phi) is 3.96. The van der Waals surface area contributed by atoms with Gasteiger partial charge in [-0.3, -0.25) is 14.5 Å². The van der Waals surface area contributed by atoms with E-state index in [1.165, 1.54) is 0 Å². The molecule has 2 rings (SSSR count). The molecule has 0 saturated carbocycles. The first-order valence-electron chi connectivity index (χ1n) is 6.16. The van der Waals surface area contributed by atoms with Crippen molar-refractivity contribution in [3.63, 3.8) is 0 Å². The van der Waals surface area contributed by atoms with Gasteiger partial charge in [0.1, 0.15) is 0 Å². The summed E-state index contributed by atoms with van der Waals surface area (Å²) in [5.74, 6) is 0.00607. The van der Waals surface area contributed by atoms with Gasteiger partial charge in [0.2, 0.25) is 11.8 Å². The van der Waals surface area contributed by atoms with Gasteiger partial charge in [0, 0.05) is 38.8 Å². The SMILES string of the molecule is C[C@H]1CNCCN1CC(=O)N1CCNC(=O)C1. The zero-order valence-corrected chi connectivity index (χ0v) is 10.2. The lowest BCUT2D eigenvalue weighted by Crippen LogP contribution is -2.56. The minimum atomic E-state index is -0.0574. The molecule has 0 aromatic carbocycles. The number of nitrogens with one attached hydrogen (secondary N) is 2. The Morgan fingerprint density at radius 2 is 2.24 bits per heavy atom. The lowest BCUT2D eigenvalue weighted by atomic mass is 10.2. The van der Waals surface area contributed by atoms with Crippen LogP contribution in [0.15, 0.2) is 0 Å². The predicted octanol–water partition coefficient (Wildman–Crippen LogP) is -1.76. The standard InChI is InChI=1S/C11H20N4O2/c1-9-6-12-2-4-14(9)8-11(17)15-5-3-13-10(16)7-15/h9,12H,2-8H2,1H3,(H,13,16)/t9-/m0/s1. The van der Waals surface area contributed by atoms with Crippen LogP contribution in [0.3, 0.4) is 0 Å². The topological polar surface area (TPSA) is 64.7 Å². The Balaban J connectivity index is 1.85. The van der Waals surface area contributed by atoms with Gasteiger partial charge in [-0.1, -0.05) is 0 Å². The van der Waals surface area contributed by atoms with Crippen molar-refractivity contribution in [1.82, 2.24) is 20.4 Å². The van der Waals surface area contributed by atoms with E-state index >= 15 is 0 Å². The van der Waals surface area contributed by atoms with Crippen molar-refractivity contribution in [3.8, 4) is 0 Å². The van der Waals surface area contributed by atoms with E-state index in [1.807, 2.05) is 0 Å². The van der Waals surface area contributed by atoms with Crippen LogP contribution in [-0.2, 0) is 9.59 Å². The maximum absolute atomic E-state index is 12.0. The summed E-state index contributed by atoms with van der Waals surface area (Å²) in [5, 5.41) is 6.02. The van der Waals surface area contributed by atoms with Gasteiger partial charge < -0.3 is 15.5 Å². The van der Waals surface area contributed by atoms with Crippen LogP contribution >= 0.6 is 0 Å². The average Bonchev–Trinajstić information content (AvgIpc) is 2.32. The molecule has 2 aliphatic heterocycles. The van der Waals surface area contributed by atoms with Crippen LogP contribution in [0.1, 0.15) is 6.92 Å². The van der Waals surface area contributed by atoms with Gasteiger partial charge in [0.05, 0.1) is 13.1 Å². The molecule has 6 heteroatoms. The van der Waals surface area contributed by atoms with Crippen LogP contribution in [-0.4, -0.2) is 73.5 Å². The van der Waals surface area contributed by atoms with E-state index in [-0.39, 0.29) is 18.4 Å². The minimum Gasteiger partial charge on any atom is -0.353 e. The highest BCUT2D eigenvalue weighted by atomic mass is 16.2. The van der Waals surface area contributed by atoms with Crippen LogP contribution < -0.4 is 10.6 Å². The summed E-state index contributed by atoms with van der Waals surface area (Å²) in [5.41, 5.74) is 0. The number of rotatable bonds is 2. The van der Waals surface area contributed by atoms with Crippen molar-refractivity contribution in [2.75, 3.05) is 45.8 Å². The fraction of sp³-hybridized carbons (Fsp3) is 0.818. The molecule has 17 heavy (non-hydrogen) atoms. The number of hydrogen-bond acceptors (Lipinski definition) is 4. The Hall–Kier alpha value is -1.14. The summed E-state index contributed by atoms with van der Waals surface area (Å²) in [7, 11) is 0. The number of amides is 2.